The van der Waals surface area contributed by atoms with Gasteiger partial charge in [-0.3, -0.25) is 4.79 Å². The normalized spacial score (nSPS) is 13.3. The molecule has 3 rings (SSSR count). The molecule has 26 heavy (non-hydrogen) atoms. The van der Waals surface area contributed by atoms with Gasteiger partial charge in [0.1, 0.15) is 0 Å². The number of nitrogens with one attached hydrogen (secondary N) is 1. The first-order valence-electron chi connectivity index (χ1n) is 8.30. The van der Waals surface area contributed by atoms with Crippen LogP contribution in [0.2, 0.25) is 0 Å². The van der Waals surface area contributed by atoms with E-state index in [9.17, 15) is 13.2 Å². The highest BCUT2D eigenvalue weighted by Crippen LogP contribution is 2.25. The van der Waals surface area contributed by atoms with Crippen molar-refractivity contribution in [1.29, 1.82) is 0 Å². The number of benzene rings is 2. The summed E-state index contributed by atoms with van der Waals surface area (Å²) in [6, 6.07) is 8.52. The van der Waals surface area contributed by atoms with E-state index in [4.69, 9.17) is 0 Å². The van der Waals surface area contributed by atoms with Gasteiger partial charge < -0.3 is 4.57 Å². The van der Waals surface area contributed by atoms with Gasteiger partial charge in [-0.2, -0.15) is 0 Å². The summed E-state index contributed by atoms with van der Waals surface area (Å²) in [6.07, 6.45) is 0. The van der Waals surface area contributed by atoms with Gasteiger partial charge in [0.25, 0.3) is 0 Å². The van der Waals surface area contributed by atoms with E-state index in [0.717, 1.165) is 33.5 Å². The van der Waals surface area contributed by atoms with Crippen LogP contribution in [0.4, 0.5) is 0 Å². The highest BCUT2D eigenvalue weighted by Gasteiger charge is 2.21. The number of rotatable bonds is 4. The zero-order valence-corrected chi connectivity index (χ0v) is 17.1. The molecule has 1 atom stereocenters. The van der Waals surface area contributed by atoms with Crippen molar-refractivity contribution in [3.63, 3.8) is 0 Å². The molecule has 138 valence electrons. The zero-order chi connectivity index (χ0) is 19.2. The Morgan fingerprint density at radius 1 is 1.04 bits per heavy atom. The molecule has 0 radical (unpaired) electrons. The minimum atomic E-state index is -3.70. The number of hydrogen-bond acceptors (Lipinski definition) is 4. The van der Waals surface area contributed by atoms with Crippen LogP contribution in [0.5, 0.6) is 0 Å². The Kier molecular flexibility index (Phi) is 4.81. The number of nitrogens with zero attached hydrogens (tertiary/aromatic N) is 1. The number of aromatic nitrogens is 1. The second kappa shape index (κ2) is 6.64. The minimum absolute atomic E-state index is 0.110. The van der Waals surface area contributed by atoms with Crippen molar-refractivity contribution in [1.82, 2.24) is 9.29 Å². The van der Waals surface area contributed by atoms with Gasteiger partial charge in [0, 0.05) is 13.1 Å². The van der Waals surface area contributed by atoms with Gasteiger partial charge >= 0.3 is 4.87 Å². The van der Waals surface area contributed by atoms with E-state index in [1.807, 2.05) is 33.8 Å². The summed E-state index contributed by atoms with van der Waals surface area (Å²) in [4.78, 5) is 11.8. The standard InChI is InChI=1S/C19H22N2O3S2/c1-11-8-13(3)16(9-12(11)2)14(4)20-26(23,24)15-6-7-17-18(10-15)25-19(22)21(17)5/h6-10,14,20H,1-5H3/t14-/m0/s1. The van der Waals surface area contributed by atoms with E-state index in [1.165, 1.54) is 16.2 Å². The van der Waals surface area contributed by atoms with Gasteiger partial charge in [-0.25, -0.2) is 13.1 Å². The molecule has 3 aromatic rings. The van der Waals surface area contributed by atoms with Crippen molar-refractivity contribution in [2.45, 2.75) is 38.6 Å². The second-order valence-corrected chi connectivity index (χ2v) is 9.40. The van der Waals surface area contributed by atoms with Crippen LogP contribution < -0.4 is 9.60 Å². The average molecular weight is 391 g/mol. The van der Waals surface area contributed by atoms with E-state index < -0.39 is 10.0 Å². The van der Waals surface area contributed by atoms with Crippen molar-refractivity contribution in [2.24, 2.45) is 7.05 Å². The Labute approximate surface area is 157 Å². The van der Waals surface area contributed by atoms with Crippen molar-refractivity contribution in [3.05, 3.63) is 62.3 Å². The van der Waals surface area contributed by atoms with Crippen LogP contribution in [-0.2, 0) is 17.1 Å². The molecule has 1 N–H and O–H groups in total. The van der Waals surface area contributed by atoms with E-state index in [-0.39, 0.29) is 15.8 Å². The van der Waals surface area contributed by atoms with Gasteiger partial charge in [-0.05, 0) is 68.1 Å². The molecule has 0 saturated heterocycles. The van der Waals surface area contributed by atoms with Crippen LogP contribution in [0, 0.1) is 20.8 Å². The monoisotopic (exact) mass is 390 g/mol. The molecule has 0 aliphatic heterocycles. The van der Waals surface area contributed by atoms with Gasteiger partial charge in [0.2, 0.25) is 10.0 Å². The average Bonchev–Trinajstić information content (AvgIpc) is 2.84. The third kappa shape index (κ3) is 3.34. The van der Waals surface area contributed by atoms with Crippen LogP contribution in [0.1, 0.15) is 35.2 Å². The maximum absolute atomic E-state index is 12.8. The molecule has 0 aliphatic carbocycles. The number of hydrogen-bond donors (Lipinski definition) is 1. The van der Waals surface area contributed by atoms with Crippen LogP contribution >= 0.6 is 11.3 Å². The Hall–Kier alpha value is -1.96. The minimum Gasteiger partial charge on any atom is -0.302 e. The highest BCUT2D eigenvalue weighted by atomic mass is 32.2. The number of aryl methyl sites for hydroxylation is 4. The van der Waals surface area contributed by atoms with Crippen molar-refractivity contribution in [2.75, 3.05) is 0 Å². The largest absolute Gasteiger partial charge is 0.307 e. The van der Waals surface area contributed by atoms with Crippen LogP contribution in [0.15, 0.2) is 40.0 Å². The number of thiazole rings is 1. The number of fused-ring (bicyclic) bond motifs is 1. The Bertz CT molecular complexity index is 1160. The van der Waals surface area contributed by atoms with Crippen LogP contribution in [-0.4, -0.2) is 13.0 Å². The third-order valence-corrected chi connectivity index (χ3v) is 7.29. The lowest BCUT2D eigenvalue weighted by Gasteiger charge is -2.18. The lowest BCUT2D eigenvalue weighted by atomic mass is 9.97. The third-order valence-electron chi connectivity index (χ3n) is 4.75. The lowest BCUT2D eigenvalue weighted by molar-refractivity contribution is 0.566. The molecule has 0 bridgehead atoms. The molecule has 0 aliphatic rings. The Balaban J connectivity index is 1.96. The molecule has 5 nitrogen and oxygen atoms in total. The smallest absolute Gasteiger partial charge is 0.302 e. The fourth-order valence-electron chi connectivity index (χ4n) is 3.09. The molecule has 0 spiro atoms. The van der Waals surface area contributed by atoms with E-state index in [1.54, 1.807) is 19.2 Å². The summed E-state index contributed by atoms with van der Waals surface area (Å²) in [5.74, 6) is 0. The Morgan fingerprint density at radius 2 is 1.69 bits per heavy atom. The summed E-state index contributed by atoms with van der Waals surface area (Å²) in [5, 5.41) is 0. The highest BCUT2D eigenvalue weighted by molar-refractivity contribution is 7.89. The summed E-state index contributed by atoms with van der Waals surface area (Å²) < 4.78 is 30.6. The van der Waals surface area contributed by atoms with Crippen LogP contribution in [0.3, 0.4) is 0 Å². The molecule has 0 saturated carbocycles. The number of sulfonamides is 1. The van der Waals surface area contributed by atoms with E-state index in [0.29, 0.717) is 4.70 Å². The SMILES string of the molecule is Cc1cc(C)c([C@H](C)NS(=O)(=O)c2ccc3c(c2)sc(=O)n3C)cc1C. The van der Waals surface area contributed by atoms with E-state index in [2.05, 4.69) is 10.8 Å². The topological polar surface area (TPSA) is 68.2 Å². The maximum Gasteiger partial charge on any atom is 0.307 e. The summed E-state index contributed by atoms with van der Waals surface area (Å²) >= 11 is 1.05. The molecular weight excluding hydrogens is 368 g/mol. The van der Waals surface area contributed by atoms with Gasteiger partial charge in [-0.1, -0.05) is 23.5 Å². The fourth-order valence-corrected chi connectivity index (χ4v) is 5.34. The van der Waals surface area contributed by atoms with Gasteiger partial charge in [0.05, 0.1) is 15.1 Å². The van der Waals surface area contributed by atoms with E-state index >= 15 is 0 Å². The molecule has 0 amide bonds. The predicted octanol–water partition coefficient (Wildman–Crippen LogP) is 3.56. The summed E-state index contributed by atoms with van der Waals surface area (Å²) in [7, 11) is -2.02. The van der Waals surface area contributed by atoms with Crippen molar-refractivity contribution < 1.29 is 8.42 Å². The van der Waals surface area contributed by atoms with Crippen molar-refractivity contribution in [3.8, 4) is 0 Å². The molecule has 1 heterocycles. The second-order valence-electron chi connectivity index (χ2n) is 6.69. The molecular formula is C19H22N2O3S2. The molecule has 7 heteroatoms. The molecule has 2 aromatic carbocycles. The summed E-state index contributed by atoms with van der Waals surface area (Å²) in [6.45, 7) is 7.89. The van der Waals surface area contributed by atoms with Crippen molar-refractivity contribution >= 4 is 31.6 Å². The predicted molar refractivity (Wildman–Crippen MR) is 106 cm³/mol. The molecule has 0 fully saturated rings. The lowest BCUT2D eigenvalue weighted by Crippen LogP contribution is -2.27. The van der Waals surface area contributed by atoms with Gasteiger partial charge in [-0.15, -0.1) is 0 Å². The molecule has 0 unspecified atom stereocenters. The molecule has 1 aromatic heterocycles. The zero-order valence-electron chi connectivity index (χ0n) is 15.5. The Morgan fingerprint density at radius 3 is 2.38 bits per heavy atom. The first kappa shape index (κ1) is 18.8. The maximum atomic E-state index is 12.8. The van der Waals surface area contributed by atoms with Crippen LogP contribution in [0.25, 0.3) is 10.2 Å². The first-order valence-corrected chi connectivity index (χ1v) is 10.6. The summed E-state index contributed by atoms with van der Waals surface area (Å²) in [5.41, 5.74) is 5.07. The van der Waals surface area contributed by atoms with Gasteiger partial charge in [0.15, 0.2) is 0 Å². The first-order chi connectivity index (χ1) is 12.1. The fraction of sp³-hybridized carbons (Fsp3) is 0.316. The quantitative estimate of drug-likeness (QED) is 0.740.